The van der Waals surface area contributed by atoms with E-state index in [-0.39, 0.29) is 0 Å². The second kappa shape index (κ2) is 5.48. The van der Waals surface area contributed by atoms with Gasteiger partial charge in [0.05, 0.1) is 0 Å². The maximum Gasteiger partial charge on any atom is 0.0305 e. The molecule has 0 amide bonds. The molecule has 2 heteroatoms. The second-order valence-corrected chi connectivity index (χ2v) is 11.5. The van der Waals surface area contributed by atoms with Crippen LogP contribution < -0.4 is 5.32 Å². The summed E-state index contributed by atoms with van der Waals surface area (Å²) in [7, 11) is 0. The van der Waals surface area contributed by atoms with Crippen LogP contribution in [-0.2, 0) is 18.4 Å². The zero-order valence-corrected chi connectivity index (χ0v) is 16.9. The van der Waals surface area contributed by atoms with Crippen LogP contribution in [0.25, 0.3) is 0 Å². The number of rotatable bonds is 1. The van der Waals surface area contributed by atoms with Crippen LogP contribution >= 0.6 is 11.3 Å². The van der Waals surface area contributed by atoms with Gasteiger partial charge >= 0.3 is 0 Å². The number of thiophene rings is 1. The normalized spacial score (nSPS) is 41.1. The van der Waals surface area contributed by atoms with Gasteiger partial charge < -0.3 is 5.32 Å². The average Bonchev–Trinajstić information content (AvgIpc) is 3.12. The first-order valence-corrected chi connectivity index (χ1v) is 12.0. The van der Waals surface area contributed by atoms with E-state index in [1.54, 1.807) is 45.7 Å². The van der Waals surface area contributed by atoms with E-state index in [2.05, 4.69) is 47.0 Å². The van der Waals surface area contributed by atoms with Crippen molar-refractivity contribution in [1.29, 1.82) is 0 Å². The zero-order valence-electron chi connectivity index (χ0n) is 16.0. The maximum absolute atomic E-state index is 3.92. The van der Waals surface area contributed by atoms with Crippen molar-refractivity contribution in [3.63, 3.8) is 0 Å². The van der Waals surface area contributed by atoms with Crippen molar-refractivity contribution in [3.8, 4) is 0 Å². The Morgan fingerprint density at radius 1 is 0.926 bits per heavy atom. The van der Waals surface area contributed by atoms with Crippen LogP contribution in [-0.4, -0.2) is 6.04 Å². The SMILES string of the molecule is c1ccc2c(c1)CCC1NCc3sc(C45CC6CC(CC(C6)C4)C5)cc3C21. The summed E-state index contributed by atoms with van der Waals surface area (Å²) in [6, 6.07) is 12.6. The predicted octanol–water partition coefficient (Wildman–Crippen LogP) is 5.77. The number of aryl methyl sites for hydroxylation is 1. The van der Waals surface area contributed by atoms with Gasteiger partial charge in [-0.2, -0.15) is 0 Å². The molecule has 0 saturated heterocycles. The van der Waals surface area contributed by atoms with Crippen LogP contribution in [0.2, 0.25) is 0 Å². The highest BCUT2D eigenvalue weighted by molar-refractivity contribution is 7.12. The minimum Gasteiger partial charge on any atom is -0.308 e. The first-order chi connectivity index (χ1) is 13.3. The highest BCUT2D eigenvalue weighted by Crippen LogP contribution is 2.62. The van der Waals surface area contributed by atoms with Crippen LogP contribution in [0.4, 0.5) is 0 Å². The van der Waals surface area contributed by atoms with Crippen molar-refractivity contribution in [2.24, 2.45) is 17.8 Å². The molecule has 1 N–H and O–H groups in total. The van der Waals surface area contributed by atoms with E-state index in [1.165, 1.54) is 32.1 Å². The van der Waals surface area contributed by atoms with E-state index in [1.807, 2.05) is 0 Å². The first kappa shape index (κ1) is 15.8. The third-order valence-electron chi connectivity index (χ3n) is 8.78. The quantitative estimate of drug-likeness (QED) is 0.667. The molecule has 0 spiro atoms. The Balaban J connectivity index is 1.33. The van der Waals surface area contributed by atoms with E-state index < -0.39 is 0 Å². The topological polar surface area (TPSA) is 12.0 Å². The Morgan fingerprint density at radius 3 is 2.44 bits per heavy atom. The Labute approximate surface area is 166 Å². The van der Waals surface area contributed by atoms with Gasteiger partial charge in [-0.25, -0.2) is 0 Å². The van der Waals surface area contributed by atoms with E-state index in [9.17, 15) is 0 Å². The lowest BCUT2D eigenvalue weighted by Gasteiger charge is -2.56. The minimum absolute atomic E-state index is 0.556. The molecule has 6 aliphatic rings. The molecule has 27 heavy (non-hydrogen) atoms. The molecule has 1 nitrogen and oxygen atoms in total. The van der Waals surface area contributed by atoms with Crippen LogP contribution in [0.15, 0.2) is 30.3 Å². The van der Waals surface area contributed by atoms with Crippen molar-refractivity contribution in [2.45, 2.75) is 75.3 Å². The standard InChI is InChI=1S/C25H29NS/c1-2-4-19-18(3-1)5-6-21-24(19)20-10-23(27-22(20)14-26-21)25-11-15-7-16(12-25)9-17(8-15)13-25/h1-4,10,15-17,21,24,26H,5-9,11-14H2. The summed E-state index contributed by atoms with van der Waals surface area (Å²) >= 11 is 2.19. The molecule has 8 rings (SSSR count). The Hall–Kier alpha value is -1.12. The average molecular weight is 376 g/mol. The van der Waals surface area contributed by atoms with Crippen LogP contribution in [0.1, 0.15) is 77.3 Å². The maximum atomic E-state index is 3.92. The smallest absolute Gasteiger partial charge is 0.0305 e. The fourth-order valence-corrected chi connectivity index (χ4v) is 9.48. The van der Waals surface area contributed by atoms with Gasteiger partial charge in [0.25, 0.3) is 0 Å². The molecule has 2 atom stereocenters. The van der Waals surface area contributed by atoms with Crippen molar-refractivity contribution in [3.05, 3.63) is 56.8 Å². The van der Waals surface area contributed by atoms with Crippen LogP contribution in [0, 0.1) is 17.8 Å². The Bertz CT molecular complexity index is 874. The molecule has 2 heterocycles. The van der Waals surface area contributed by atoms with Gasteiger partial charge in [-0.3, -0.25) is 0 Å². The van der Waals surface area contributed by atoms with Crippen LogP contribution in [0.5, 0.6) is 0 Å². The number of nitrogens with one attached hydrogen (secondary N) is 1. The fourth-order valence-electron chi connectivity index (χ4n) is 8.11. The van der Waals surface area contributed by atoms with E-state index in [0.717, 1.165) is 24.3 Å². The summed E-state index contributed by atoms with van der Waals surface area (Å²) in [5.41, 5.74) is 5.45. The molecule has 2 unspecified atom stereocenters. The first-order valence-electron chi connectivity index (χ1n) is 11.2. The second-order valence-electron chi connectivity index (χ2n) is 10.4. The lowest BCUT2D eigenvalue weighted by Crippen LogP contribution is -2.48. The number of hydrogen-bond acceptors (Lipinski definition) is 2. The third kappa shape index (κ3) is 2.20. The molecular formula is C25H29NS. The predicted molar refractivity (Wildman–Crippen MR) is 111 cm³/mol. The van der Waals surface area contributed by atoms with Crippen molar-refractivity contribution >= 4 is 11.3 Å². The summed E-state index contributed by atoms with van der Waals surface area (Å²) in [6.45, 7) is 1.11. The van der Waals surface area contributed by atoms with E-state index in [0.29, 0.717) is 17.4 Å². The lowest BCUT2D eigenvalue weighted by atomic mass is 9.49. The summed E-state index contributed by atoms with van der Waals surface area (Å²) in [5.74, 6) is 3.71. The van der Waals surface area contributed by atoms with Crippen molar-refractivity contribution < 1.29 is 0 Å². The van der Waals surface area contributed by atoms with Gasteiger partial charge in [0.1, 0.15) is 0 Å². The number of hydrogen-bond donors (Lipinski definition) is 1. The molecule has 1 aliphatic heterocycles. The fraction of sp³-hybridized carbons (Fsp3) is 0.600. The van der Waals surface area contributed by atoms with Gasteiger partial charge in [0.15, 0.2) is 0 Å². The van der Waals surface area contributed by atoms with Gasteiger partial charge in [0.2, 0.25) is 0 Å². The molecular weight excluding hydrogens is 346 g/mol. The van der Waals surface area contributed by atoms with Gasteiger partial charge in [0, 0.05) is 33.7 Å². The van der Waals surface area contributed by atoms with Crippen molar-refractivity contribution in [1.82, 2.24) is 5.32 Å². The van der Waals surface area contributed by atoms with Gasteiger partial charge in [-0.05, 0) is 91.9 Å². The Kier molecular flexibility index (Phi) is 3.20. The van der Waals surface area contributed by atoms with Crippen molar-refractivity contribution in [2.75, 3.05) is 0 Å². The lowest BCUT2D eigenvalue weighted by molar-refractivity contribution is -0.00349. The van der Waals surface area contributed by atoms with E-state index in [4.69, 9.17) is 0 Å². The molecule has 2 aromatic rings. The molecule has 0 radical (unpaired) electrons. The molecule has 4 saturated carbocycles. The van der Waals surface area contributed by atoms with Gasteiger partial charge in [-0.15, -0.1) is 11.3 Å². The molecule has 4 fully saturated rings. The highest BCUT2D eigenvalue weighted by Gasteiger charge is 2.52. The summed E-state index contributed by atoms with van der Waals surface area (Å²) in [5, 5.41) is 3.92. The van der Waals surface area contributed by atoms with E-state index >= 15 is 0 Å². The van der Waals surface area contributed by atoms with Gasteiger partial charge in [-0.1, -0.05) is 24.3 Å². The summed E-state index contributed by atoms with van der Waals surface area (Å²) in [6.07, 6.45) is 11.7. The highest BCUT2D eigenvalue weighted by atomic mass is 32.1. The van der Waals surface area contributed by atoms with Crippen LogP contribution in [0.3, 0.4) is 0 Å². The summed E-state index contributed by atoms with van der Waals surface area (Å²) < 4.78 is 0. The molecule has 4 bridgehead atoms. The molecule has 5 aliphatic carbocycles. The Morgan fingerprint density at radius 2 is 1.67 bits per heavy atom. The minimum atomic E-state index is 0.556. The molecule has 1 aromatic carbocycles. The monoisotopic (exact) mass is 375 g/mol. The largest absolute Gasteiger partial charge is 0.308 e. The zero-order chi connectivity index (χ0) is 17.6. The molecule has 1 aromatic heterocycles. The molecule has 140 valence electrons. The third-order valence-corrected chi connectivity index (χ3v) is 10.2. The number of fused-ring (bicyclic) bond motifs is 5. The summed E-state index contributed by atoms with van der Waals surface area (Å²) in [4.78, 5) is 3.43. The number of benzene rings is 1.